The molecule has 0 bridgehead atoms. The summed E-state index contributed by atoms with van der Waals surface area (Å²) in [5, 5.41) is 3.30. The maximum Gasteiger partial charge on any atom is 0.241 e. The van der Waals surface area contributed by atoms with E-state index in [9.17, 15) is 8.42 Å². The van der Waals surface area contributed by atoms with Gasteiger partial charge < -0.3 is 5.32 Å². The third-order valence-electron chi connectivity index (χ3n) is 3.30. The zero-order chi connectivity index (χ0) is 14.6. The van der Waals surface area contributed by atoms with Crippen LogP contribution in [0.15, 0.2) is 27.6 Å². The van der Waals surface area contributed by atoms with E-state index in [1.54, 1.807) is 6.07 Å². The van der Waals surface area contributed by atoms with Crippen LogP contribution in [-0.2, 0) is 16.6 Å². The molecule has 0 spiro atoms. The highest BCUT2D eigenvalue weighted by atomic mass is 79.9. The van der Waals surface area contributed by atoms with E-state index in [-0.39, 0.29) is 0 Å². The molecule has 0 heterocycles. The molecule has 1 saturated carbocycles. The van der Waals surface area contributed by atoms with E-state index in [1.807, 2.05) is 12.1 Å². The molecule has 4 nitrogen and oxygen atoms in total. The van der Waals surface area contributed by atoms with Crippen molar-refractivity contribution in [3.05, 3.63) is 28.2 Å². The monoisotopic (exact) mass is 360 g/mol. The third-order valence-corrected chi connectivity index (χ3v) is 5.70. The van der Waals surface area contributed by atoms with E-state index in [4.69, 9.17) is 0 Å². The molecule has 0 amide bonds. The first-order valence-corrected chi connectivity index (χ1v) is 9.29. The van der Waals surface area contributed by atoms with Gasteiger partial charge in [-0.15, -0.1) is 0 Å². The second kappa shape index (κ2) is 7.02. The minimum atomic E-state index is -3.41. The van der Waals surface area contributed by atoms with Crippen LogP contribution >= 0.6 is 15.9 Å². The van der Waals surface area contributed by atoms with E-state index in [0.717, 1.165) is 37.9 Å². The normalized spacial score (nSPS) is 15.5. The molecule has 2 rings (SSSR count). The highest BCUT2D eigenvalue weighted by Gasteiger charge is 2.25. The molecule has 6 heteroatoms. The van der Waals surface area contributed by atoms with E-state index < -0.39 is 10.0 Å². The quantitative estimate of drug-likeness (QED) is 0.700. The minimum absolute atomic E-state index is 0.317. The Kier molecular flexibility index (Phi) is 5.60. The number of benzene rings is 1. The first kappa shape index (κ1) is 15.9. The average molecular weight is 361 g/mol. The minimum Gasteiger partial charge on any atom is -0.313 e. The second-order valence-electron chi connectivity index (χ2n) is 5.24. The highest BCUT2D eigenvalue weighted by molar-refractivity contribution is 9.10. The Balaban J connectivity index is 2.03. The maximum atomic E-state index is 12.2. The van der Waals surface area contributed by atoms with Gasteiger partial charge in [-0.3, -0.25) is 0 Å². The lowest BCUT2D eigenvalue weighted by Gasteiger charge is -2.10. The predicted molar refractivity (Wildman–Crippen MR) is 84.1 cm³/mol. The van der Waals surface area contributed by atoms with Crippen molar-refractivity contribution in [2.45, 2.75) is 37.6 Å². The number of rotatable bonds is 8. The summed E-state index contributed by atoms with van der Waals surface area (Å²) in [5.41, 5.74) is 1.08. The topological polar surface area (TPSA) is 58.2 Å². The van der Waals surface area contributed by atoms with Gasteiger partial charge in [0.2, 0.25) is 10.0 Å². The van der Waals surface area contributed by atoms with Gasteiger partial charge in [-0.05, 0) is 65.4 Å². The molecule has 20 heavy (non-hydrogen) atoms. The van der Waals surface area contributed by atoms with Crippen molar-refractivity contribution in [2.24, 2.45) is 5.92 Å². The van der Waals surface area contributed by atoms with Crippen LogP contribution in [0.5, 0.6) is 0 Å². The molecule has 112 valence electrons. The Morgan fingerprint density at radius 2 is 2.10 bits per heavy atom. The van der Waals surface area contributed by atoms with Crippen molar-refractivity contribution in [3.63, 3.8) is 0 Å². The van der Waals surface area contributed by atoms with Gasteiger partial charge in [-0.25, -0.2) is 13.1 Å². The van der Waals surface area contributed by atoms with Crippen molar-refractivity contribution in [3.8, 4) is 0 Å². The first-order chi connectivity index (χ1) is 9.53. The second-order valence-corrected chi connectivity index (χ2v) is 7.83. The van der Waals surface area contributed by atoms with Gasteiger partial charge in [0.15, 0.2) is 0 Å². The Morgan fingerprint density at radius 3 is 2.70 bits per heavy atom. The Hall–Kier alpha value is -0.430. The molecule has 1 aliphatic rings. The molecular formula is C14H21BrN2O2S. The summed E-state index contributed by atoms with van der Waals surface area (Å²) in [6, 6.07) is 5.40. The number of nitrogens with one attached hydrogen (secondary N) is 2. The average Bonchev–Trinajstić information content (AvgIpc) is 3.21. The van der Waals surface area contributed by atoms with E-state index >= 15 is 0 Å². The van der Waals surface area contributed by atoms with Crippen molar-refractivity contribution in [2.75, 3.05) is 13.1 Å². The van der Waals surface area contributed by atoms with Crippen LogP contribution < -0.4 is 10.0 Å². The molecule has 0 radical (unpaired) electrons. The fourth-order valence-corrected chi connectivity index (χ4v) is 4.15. The molecule has 0 aliphatic heterocycles. The van der Waals surface area contributed by atoms with Crippen LogP contribution in [0, 0.1) is 5.92 Å². The van der Waals surface area contributed by atoms with Crippen LogP contribution in [-0.4, -0.2) is 21.5 Å². The van der Waals surface area contributed by atoms with Crippen LogP contribution in [0.4, 0.5) is 0 Å². The summed E-state index contributed by atoms with van der Waals surface area (Å²) < 4.78 is 27.7. The summed E-state index contributed by atoms with van der Waals surface area (Å²) in [7, 11) is -3.41. The summed E-state index contributed by atoms with van der Waals surface area (Å²) >= 11 is 3.37. The van der Waals surface area contributed by atoms with E-state index in [1.165, 1.54) is 0 Å². The van der Waals surface area contributed by atoms with Gasteiger partial charge in [0, 0.05) is 17.6 Å². The molecule has 1 aliphatic carbocycles. The molecule has 1 fully saturated rings. The molecular weight excluding hydrogens is 340 g/mol. The standard InChI is InChI=1S/C14H21BrN2O2S/c1-2-7-16-9-12-5-6-14(13(15)8-12)20(18,19)17-10-11-3-4-11/h5-6,8,11,16-17H,2-4,7,9-10H2,1H3. The van der Waals surface area contributed by atoms with Crippen molar-refractivity contribution >= 4 is 26.0 Å². The first-order valence-electron chi connectivity index (χ1n) is 7.01. The smallest absolute Gasteiger partial charge is 0.241 e. The van der Waals surface area contributed by atoms with Crippen LogP contribution in [0.2, 0.25) is 0 Å². The maximum absolute atomic E-state index is 12.2. The van der Waals surface area contributed by atoms with Gasteiger partial charge in [-0.2, -0.15) is 0 Å². The van der Waals surface area contributed by atoms with E-state index in [2.05, 4.69) is 32.9 Å². The molecule has 2 N–H and O–H groups in total. The lowest BCUT2D eigenvalue weighted by molar-refractivity contribution is 0.577. The van der Waals surface area contributed by atoms with Crippen LogP contribution in [0.1, 0.15) is 31.7 Å². The fraction of sp³-hybridized carbons (Fsp3) is 0.571. The summed E-state index contributed by atoms with van der Waals surface area (Å²) in [6.45, 7) is 4.38. The molecule has 0 aromatic heterocycles. The molecule has 0 saturated heterocycles. The SMILES string of the molecule is CCCNCc1ccc(S(=O)(=O)NCC2CC2)c(Br)c1. The van der Waals surface area contributed by atoms with Crippen molar-refractivity contribution in [1.82, 2.24) is 10.0 Å². The molecule has 1 aromatic rings. The lowest BCUT2D eigenvalue weighted by Crippen LogP contribution is -2.26. The zero-order valence-electron chi connectivity index (χ0n) is 11.7. The third kappa shape index (κ3) is 4.55. The molecule has 1 aromatic carbocycles. The highest BCUT2D eigenvalue weighted by Crippen LogP contribution is 2.29. The fourth-order valence-electron chi connectivity index (χ4n) is 1.91. The van der Waals surface area contributed by atoms with Gasteiger partial charge in [0.05, 0.1) is 4.90 Å². The summed E-state index contributed by atoms with van der Waals surface area (Å²) in [4.78, 5) is 0.317. The van der Waals surface area contributed by atoms with Gasteiger partial charge in [-0.1, -0.05) is 13.0 Å². The number of hydrogen-bond donors (Lipinski definition) is 2. The predicted octanol–water partition coefficient (Wildman–Crippen LogP) is 2.64. The Bertz CT molecular complexity index is 556. The van der Waals surface area contributed by atoms with Crippen molar-refractivity contribution in [1.29, 1.82) is 0 Å². The Morgan fingerprint density at radius 1 is 1.35 bits per heavy atom. The van der Waals surface area contributed by atoms with Gasteiger partial charge in [0.25, 0.3) is 0 Å². The summed E-state index contributed by atoms with van der Waals surface area (Å²) in [5.74, 6) is 0.529. The van der Waals surface area contributed by atoms with Gasteiger partial charge in [0.1, 0.15) is 0 Å². The lowest BCUT2D eigenvalue weighted by atomic mass is 10.2. The zero-order valence-corrected chi connectivity index (χ0v) is 14.1. The largest absolute Gasteiger partial charge is 0.313 e. The van der Waals surface area contributed by atoms with Crippen molar-refractivity contribution < 1.29 is 8.42 Å². The Labute approximate surface area is 129 Å². The number of sulfonamides is 1. The van der Waals surface area contributed by atoms with Crippen LogP contribution in [0.25, 0.3) is 0 Å². The molecule has 0 atom stereocenters. The van der Waals surface area contributed by atoms with E-state index in [0.29, 0.717) is 21.8 Å². The summed E-state index contributed by atoms with van der Waals surface area (Å²) in [6.07, 6.45) is 3.34. The molecule has 0 unspecified atom stereocenters. The number of hydrogen-bond acceptors (Lipinski definition) is 3. The van der Waals surface area contributed by atoms with Gasteiger partial charge >= 0.3 is 0 Å². The number of halogens is 1. The van der Waals surface area contributed by atoms with Crippen LogP contribution in [0.3, 0.4) is 0 Å².